The second-order valence-corrected chi connectivity index (χ2v) is 7.44. The normalized spacial score (nSPS) is 22.6. The Morgan fingerprint density at radius 3 is 2.93 bits per heavy atom. The number of aromatic nitrogens is 1. The van der Waals surface area contributed by atoms with Crippen molar-refractivity contribution >= 4 is 22.5 Å². The number of nitrogens with zero attached hydrogens (tertiary/aromatic N) is 1. The maximum Gasteiger partial charge on any atom is 0.256 e. The number of hydrogen-bond donors (Lipinski definition) is 1. The van der Waals surface area contributed by atoms with Crippen molar-refractivity contribution in [2.75, 3.05) is 18.5 Å². The molecule has 1 amide bonds. The molecular weight excluding hydrogens is 340 g/mol. The van der Waals surface area contributed by atoms with Crippen LogP contribution < -0.4 is 10.1 Å². The highest BCUT2D eigenvalue weighted by Gasteiger charge is 2.42. The van der Waals surface area contributed by atoms with Crippen molar-refractivity contribution in [3.63, 3.8) is 0 Å². The summed E-state index contributed by atoms with van der Waals surface area (Å²) in [6.45, 7) is 7.40. The summed E-state index contributed by atoms with van der Waals surface area (Å²) in [5, 5.41) is 4.02. The van der Waals surface area contributed by atoms with Crippen LogP contribution in [0.1, 0.15) is 52.9 Å². The van der Waals surface area contributed by atoms with Crippen LogP contribution in [0.2, 0.25) is 0 Å². The zero-order valence-electron chi connectivity index (χ0n) is 16.6. The molecule has 1 aromatic carbocycles. The molecule has 2 aromatic rings. The van der Waals surface area contributed by atoms with Crippen LogP contribution in [0.25, 0.3) is 10.9 Å². The van der Waals surface area contributed by atoms with Gasteiger partial charge in [-0.1, -0.05) is 20.3 Å². The van der Waals surface area contributed by atoms with E-state index in [0.717, 1.165) is 54.4 Å². The third kappa shape index (κ3) is 4.24. The third-order valence-corrected chi connectivity index (χ3v) is 5.23. The lowest BCUT2D eigenvalue weighted by Gasteiger charge is -2.38. The van der Waals surface area contributed by atoms with E-state index in [1.807, 2.05) is 31.2 Å². The largest absolute Gasteiger partial charge is 0.492 e. The second-order valence-electron chi connectivity index (χ2n) is 7.44. The quantitative estimate of drug-likeness (QED) is 0.749. The molecule has 1 heterocycles. The monoisotopic (exact) mass is 370 g/mol. The molecule has 3 rings (SSSR count). The maximum atomic E-state index is 13.3. The molecule has 2 unspecified atom stereocenters. The average Bonchev–Trinajstić information content (AvgIpc) is 2.68. The summed E-state index contributed by atoms with van der Waals surface area (Å²) in [7, 11) is 0. The number of nitrogens with one attached hydrogen (secondary N) is 1. The average molecular weight is 370 g/mol. The van der Waals surface area contributed by atoms with Crippen molar-refractivity contribution in [1.29, 1.82) is 0 Å². The van der Waals surface area contributed by atoms with Crippen LogP contribution in [-0.2, 0) is 9.53 Å². The Kier molecular flexibility index (Phi) is 6.32. The van der Waals surface area contributed by atoms with Gasteiger partial charge in [0.2, 0.25) is 0 Å². The van der Waals surface area contributed by atoms with Crippen molar-refractivity contribution in [1.82, 2.24) is 4.98 Å². The van der Waals surface area contributed by atoms with E-state index in [-0.39, 0.29) is 5.91 Å². The van der Waals surface area contributed by atoms with E-state index in [9.17, 15) is 4.79 Å². The smallest absolute Gasteiger partial charge is 0.256 e. The summed E-state index contributed by atoms with van der Waals surface area (Å²) in [4.78, 5) is 17.8. The van der Waals surface area contributed by atoms with Gasteiger partial charge < -0.3 is 14.8 Å². The summed E-state index contributed by atoms with van der Waals surface area (Å²) >= 11 is 0. The summed E-state index contributed by atoms with van der Waals surface area (Å²) < 4.78 is 11.8. The SMILES string of the molecule is CCCOC1(C(=O)Nc2ccc(OCC)c3ncccc23)CCCC(C)C1. The van der Waals surface area contributed by atoms with Crippen LogP contribution in [0.15, 0.2) is 30.5 Å². The van der Waals surface area contributed by atoms with Gasteiger partial charge in [-0.15, -0.1) is 0 Å². The third-order valence-electron chi connectivity index (χ3n) is 5.23. The molecular formula is C22H30N2O3. The molecule has 1 fully saturated rings. The Bertz CT molecular complexity index is 792. The first-order chi connectivity index (χ1) is 13.1. The molecule has 1 aromatic heterocycles. The lowest BCUT2D eigenvalue weighted by atomic mass is 9.78. The first kappa shape index (κ1) is 19.6. The molecule has 0 saturated heterocycles. The molecule has 2 atom stereocenters. The van der Waals surface area contributed by atoms with Gasteiger partial charge in [-0.2, -0.15) is 0 Å². The fourth-order valence-electron chi connectivity index (χ4n) is 3.97. The summed E-state index contributed by atoms with van der Waals surface area (Å²) in [6, 6.07) is 7.60. The van der Waals surface area contributed by atoms with E-state index in [1.54, 1.807) is 6.20 Å². The summed E-state index contributed by atoms with van der Waals surface area (Å²) in [5.74, 6) is 1.17. The molecule has 1 saturated carbocycles. The van der Waals surface area contributed by atoms with Crippen LogP contribution >= 0.6 is 0 Å². The van der Waals surface area contributed by atoms with E-state index in [2.05, 4.69) is 24.1 Å². The van der Waals surface area contributed by atoms with Gasteiger partial charge in [0.25, 0.3) is 5.91 Å². The number of fused-ring (bicyclic) bond motifs is 1. The Balaban J connectivity index is 1.91. The minimum absolute atomic E-state index is 0.0446. The number of carbonyl (C=O) groups is 1. The number of carbonyl (C=O) groups excluding carboxylic acids is 1. The van der Waals surface area contributed by atoms with Gasteiger partial charge in [-0.25, -0.2) is 0 Å². The van der Waals surface area contributed by atoms with Crippen molar-refractivity contribution in [2.45, 2.75) is 58.5 Å². The van der Waals surface area contributed by atoms with Crippen LogP contribution in [0.4, 0.5) is 5.69 Å². The number of benzene rings is 1. The fraction of sp³-hybridized carbons (Fsp3) is 0.545. The van der Waals surface area contributed by atoms with Crippen LogP contribution in [0, 0.1) is 5.92 Å². The molecule has 1 N–H and O–H groups in total. The summed E-state index contributed by atoms with van der Waals surface area (Å²) in [6.07, 6.45) is 6.36. The van der Waals surface area contributed by atoms with Gasteiger partial charge in [0.1, 0.15) is 16.9 Å². The Morgan fingerprint density at radius 1 is 1.33 bits per heavy atom. The Morgan fingerprint density at radius 2 is 2.19 bits per heavy atom. The molecule has 5 nitrogen and oxygen atoms in total. The van der Waals surface area contributed by atoms with Gasteiger partial charge in [-0.3, -0.25) is 9.78 Å². The van der Waals surface area contributed by atoms with E-state index in [1.165, 1.54) is 0 Å². The molecule has 0 bridgehead atoms. The van der Waals surface area contributed by atoms with Gasteiger partial charge >= 0.3 is 0 Å². The lowest BCUT2D eigenvalue weighted by molar-refractivity contribution is -0.148. The number of amides is 1. The predicted octanol–water partition coefficient (Wildman–Crippen LogP) is 4.95. The Hall–Kier alpha value is -2.14. The van der Waals surface area contributed by atoms with Crippen LogP contribution in [-0.4, -0.2) is 29.7 Å². The second kappa shape index (κ2) is 8.70. The van der Waals surface area contributed by atoms with E-state index < -0.39 is 5.60 Å². The molecule has 0 radical (unpaired) electrons. The topological polar surface area (TPSA) is 60.5 Å². The molecule has 0 aliphatic heterocycles. The number of ether oxygens (including phenoxy) is 2. The van der Waals surface area contributed by atoms with Crippen LogP contribution in [0.3, 0.4) is 0 Å². The van der Waals surface area contributed by atoms with E-state index in [0.29, 0.717) is 19.1 Å². The molecule has 27 heavy (non-hydrogen) atoms. The molecule has 146 valence electrons. The first-order valence-electron chi connectivity index (χ1n) is 10.1. The summed E-state index contributed by atoms with van der Waals surface area (Å²) in [5.41, 5.74) is 0.780. The zero-order chi connectivity index (χ0) is 19.3. The number of hydrogen-bond acceptors (Lipinski definition) is 4. The predicted molar refractivity (Wildman–Crippen MR) is 108 cm³/mol. The standard InChI is InChI=1S/C22H30N2O3/c1-4-14-27-22(12-6-8-16(3)15-22)21(25)24-18-10-11-19(26-5-2)20-17(18)9-7-13-23-20/h7,9-11,13,16H,4-6,8,12,14-15H2,1-3H3,(H,24,25). The van der Waals surface area contributed by atoms with Crippen molar-refractivity contribution in [2.24, 2.45) is 5.92 Å². The number of pyridine rings is 1. The van der Waals surface area contributed by atoms with E-state index in [4.69, 9.17) is 9.47 Å². The maximum absolute atomic E-state index is 13.3. The molecule has 1 aliphatic rings. The van der Waals surface area contributed by atoms with Gasteiger partial charge in [-0.05, 0) is 62.8 Å². The van der Waals surface area contributed by atoms with Gasteiger partial charge in [0, 0.05) is 18.2 Å². The highest BCUT2D eigenvalue weighted by molar-refractivity contribution is 6.05. The minimum atomic E-state index is -0.735. The zero-order valence-corrected chi connectivity index (χ0v) is 16.6. The van der Waals surface area contributed by atoms with Gasteiger partial charge in [0.05, 0.1) is 12.3 Å². The van der Waals surface area contributed by atoms with Crippen molar-refractivity contribution < 1.29 is 14.3 Å². The number of anilines is 1. The number of rotatable bonds is 7. The van der Waals surface area contributed by atoms with Crippen LogP contribution in [0.5, 0.6) is 5.75 Å². The molecule has 1 aliphatic carbocycles. The first-order valence-corrected chi connectivity index (χ1v) is 10.1. The highest BCUT2D eigenvalue weighted by Crippen LogP contribution is 2.37. The highest BCUT2D eigenvalue weighted by atomic mass is 16.5. The van der Waals surface area contributed by atoms with Crippen molar-refractivity contribution in [3.05, 3.63) is 30.5 Å². The fourth-order valence-corrected chi connectivity index (χ4v) is 3.97. The Labute approximate surface area is 161 Å². The van der Waals surface area contributed by atoms with Gasteiger partial charge in [0.15, 0.2) is 0 Å². The lowest BCUT2D eigenvalue weighted by Crippen LogP contribution is -2.48. The molecule has 5 heteroatoms. The molecule has 0 spiro atoms. The minimum Gasteiger partial charge on any atom is -0.492 e. The van der Waals surface area contributed by atoms with Crippen molar-refractivity contribution in [3.8, 4) is 5.75 Å². The van der Waals surface area contributed by atoms with E-state index >= 15 is 0 Å².